The highest BCUT2D eigenvalue weighted by molar-refractivity contribution is 5.65. The van der Waals surface area contributed by atoms with Crippen molar-refractivity contribution in [2.24, 2.45) is 0 Å². The molecule has 0 fully saturated rings. The maximum atomic E-state index is 10.7. The van der Waals surface area contributed by atoms with Crippen LogP contribution in [-0.2, 0) is 0 Å². The van der Waals surface area contributed by atoms with Gasteiger partial charge >= 0.3 is 5.69 Å². The van der Waals surface area contributed by atoms with Gasteiger partial charge in [0.05, 0.1) is 17.7 Å². The largest absolute Gasteiger partial charge is 0.490 e. The van der Waals surface area contributed by atoms with Crippen LogP contribution in [-0.4, -0.2) is 17.0 Å². The zero-order valence-corrected chi connectivity index (χ0v) is 9.16. The van der Waals surface area contributed by atoms with Crippen molar-refractivity contribution in [3.63, 3.8) is 0 Å². The molecule has 1 aromatic heterocycles. The van der Waals surface area contributed by atoms with Crippen molar-refractivity contribution in [3.8, 4) is 17.0 Å². The van der Waals surface area contributed by atoms with E-state index in [0.29, 0.717) is 0 Å². The maximum absolute atomic E-state index is 10.7. The third-order valence-electron chi connectivity index (χ3n) is 2.34. The van der Waals surface area contributed by atoms with Crippen molar-refractivity contribution in [3.05, 3.63) is 52.7 Å². The van der Waals surface area contributed by atoms with Gasteiger partial charge in [0.2, 0.25) is 0 Å². The Balaban J connectivity index is 2.49. The molecule has 0 aliphatic heterocycles. The van der Waals surface area contributed by atoms with Crippen LogP contribution in [0.15, 0.2) is 42.6 Å². The molecule has 1 aromatic carbocycles. The van der Waals surface area contributed by atoms with Gasteiger partial charge < -0.3 is 4.74 Å². The molecule has 86 valence electrons. The summed E-state index contributed by atoms with van der Waals surface area (Å²) in [7, 11) is 1.41. The molecule has 0 amide bonds. The molecular weight excluding hydrogens is 220 g/mol. The molecule has 0 bridgehead atoms. The van der Waals surface area contributed by atoms with Crippen molar-refractivity contribution >= 4 is 5.69 Å². The number of nitro benzene ring substituents is 1. The molecular formula is C12H10N2O3. The fourth-order valence-corrected chi connectivity index (χ4v) is 1.52. The summed E-state index contributed by atoms with van der Waals surface area (Å²) in [6.45, 7) is 0. The van der Waals surface area contributed by atoms with Crippen LogP contribution in [0.3, 0.4) is 0 Å². The molecule has 0 aliphatic carbocycles. The Kier molecular flexibility index (Phi) is 3.00. The molecule has 0 spiro atoms. The lowest BCUT2D eigenvalue weighted by Crippen LogP contribution is -1.94. The number of hydrogen-bond acceptors (Lipinski definition) is 4. The lowest BCUT2D eigenvalue weighted by molar-refractivity contribution is -0.385. The van der Waals surface area contributed by atoms with Gasteiger partial charge in [-0.2, -0.15) is 0 Å². The number of pyridine rings is 1. The standard InChI is InChI=1S/C12H10N2O3/c1-17-12-8-9(5-6-11(12)14(15)16)10-4-2-3-7-13-10/h2-8H,1H3. The van der Waals surface area contributed by atoms with Gasteiger partial charge in [0.25, 0.3) is 0 Å². The van der Waals surface area contributed by atoms with E-state index in [4.69, 9.17) is 4.74 Å². The first kappa shape index (κ1) is 11.1. The minimum atomic E-state index is -0.471. The molecule has 17 heavy (non-hydrogen) atoms. The van der Waals surface area contributed by atoms with E-state index >= 15 is 0 Å². The number of hydrogen-bond donors (Lipinski definition) is 0. The van der Waals surface area contributed by atoms with E-state index in [1.54, 1.807) is 18.3 Å². The summed E-state index contributed by atoms with van der Waals surface area (Å²) in [6.07, 6.45) is 1.67. The predicted octanol–water partition coefficient (Wildman–Crippen LogP) is 2.67. The number of rotatable bonds is 3. The van der Waals surface area contributed by atoms with Crippen LogP contribution in [0.5, 0.6) is 5.75 Å². The molecule has 0 saturated carbocycles. The van der Waals surface area contributed by atoms with Gasteiger partial charge in [-0.3, -0.25) is 15.1 Å². The first-order valence-electron chi connectivity index (χ1n) is 4.96. The van der Waals surface area contributed by atoms with Gasteiger partial charge in [0, 0.05) is 17.8 Å². The maximum Gasteiger partial charge on any atom is 0.310 e. The third kappa shape index (κ3) is 2.23. The summed E-state index contributed by atoms with van der Waals surface area (Å²) in [5, 5.41) is 10.7. The second kappa shape index (κ2) is 4.61. The molecule has 1 heterocycles. The van der Waals surface area contributed by atoms with Crippen molar-refractivity contribution < 1.29 is 9.66 Å². The fraction of sp³-hybridized carbons (Fsp3) is 0.0833. The molecule has 2 rings (SSSR count). The van der Waals surface area contributed by atoms with Crippen molar-refractivity contribution in [1.82, 2.24) is 4.98 Å². The Hall–Kier alpha value is -2.43. The molecule has 0 atom stereocenters. The van der Waals surface area contributed by atoms with Gasteiger partial charge in [-0.1, -0.05) is 6.07 Å². The fourth-order valence-electron chi connectivity index (χ4n) is 1.52. The number of benzene rings is 1. The lowest BCUT2D eigenvalue weighted by atomic mass is 10.1. The molecule has 0 radical (unpaired) electrons. The number of methoxy groups -OCH3 is 1. The van der Waals surface area contributed by atoms with Crippen LogP contribution < -0.4 is 4.74 Å². The SMILES string of the molecule is COc1cc(-c2ccccn2)ccc1[N+](=O)[O-]. The zero-order chi connectivity index (χ0) is 12.3. The zero-order valence-electron chi connectivity index (χ0n) is 9.16. The first-order valence-corrected chi connectivity index (χ1v) is 4.96. The first-order chi connectivity index (χ1) is 8.22. The van der Waals surface area contributed by atoms with E-state index in [0.717, 1.165) is 11.3 Å². The second-order valence-electron chi connectivity index (χ2n) is 3.36. The van der Waals surface area contributed by atoms with Crippen LogP contribution in [0.4, 0.5) is 5.69 Å². The molecule has 5 nitrogen and oxygen atoms in total. The van der Waals surface area contributed by atoms with Crippen molar-refractivity contribution in [2.45, 2.75) is 0 Å². The quantitative estimate of drug-likeness (QED) is 0.600. The average Bonchev–Trinajstić information content (AvgIpc) is 2.39. The molecule has 5 heteroatoms. The Morgan fingerprint density at radius 1 is 1.29 bits per heavy atom. The van der Waals surface area contributed by atoms with Crippen LogP contribution >= 0.6 is 0 Å². The summed E-state index contributed by atoms with van der Waals surface area (Å²) >= 11 is 0. The normalized spacial score (nSPS) is 9.94. The minimum absolute atomic E-state index is 0.0489. The summed E-state index contributed by atoms with van der Waals surface area (Å²) in [6, 6.07) is 10.2. The Labute approximate surface area is 97.8 Å². The number of nitro groups is 1. The van der Waals surface area contributed by atoms with Gasteiger partial charge in [-0.05, 0) is 24.3 Å². The van der Waals surface area contributed by atoms with E-state index in [9.17, 15) is 10.1 Å². The number of aromatic nitrogens is 1. The molecule has 0 unspecified atom stereocenters. The Morgan fingerprint density at radius 3 is 2.71 bits per heavy atom. The lowest BCUT2D eigenvalue weighted by Gasteiger charge is -2.04. The van der Waals surface area contributed by atoms with Crippen molar-refractivity contribution in [2.75, 3.05) is 7.11 Å². The highest BCUT2D eigenvalue weighted by Gasteiger charge is 2.15. The Morgan fingerprint density at radius 2 is 2.12 bits per heavy atom. The predicted molar refractivity (Wildman–Crippen MR) is 62.9 cm³/mol. The molecule has 0 N–H and O–H groups in total. The van der Waals surface area contributed by atoms with Crippen LogP contribution in [0, 0.1) is 10.1 Å². The van der Waals surface area contributed by atoms with Crippen LogP contribution in [0.1, 0.15) is 0 Å². The molecule has 2 aromatic rings. The minimum Gasteiger partial charge on any atom is -0.490 e. The monoisotopic (exact) mass is 230 g/mol. The van der Waals surface area contributed by atoms with E-state index < -0.39 is 4.92 Å². The summed E-state index contributed by atoms with van der Waals surface area (Å²) in [4.78, 5) is 14.4. The highest BCUT2D eigenvalue weighted by Crippen LogP contribution is 2.31. The van der Waals surface area contributed by atoms with E-state index in [2.05, 4.69) is 4.98 Å². The van der Waals surface area contributed by atoms with E-state index in [1.165, 1.54) is 13.2 Å². The van der Waals surface area contributed by atoms with E-state index in [-0.39, 0.29) is 11.4 Å². The topological polar surface area (TPSA) is 65.3 Å². The van der Waals surface area contributed by atoms with Gasteiger partial charge in [0.1, 0.15) is 0 Å². The number of ether oxygens (including phenoxy) is 1. The van der Waals surface area contributed by atoms with Gasteiger partial charge in [0.15, 0.2) is 5.75 Å². The second-order valence-corrected chi connectivity index (χ2v) is 3.36. The molecule has 0 aliphatic rings. The molecule has 0 saturated heterocycles. The van der Waals surface area contributed by atoms with Crippen molar-refractivity contribution in [1.29, 1.82) is 0 Å². The summed E-state index contributed by atoms with van der Waals surface area (Å²) in [5.74, 6) is 0.234. The van der Waals surface area contributed by atoms with E-state index in [1.807, 2.05) is 18.2 Å². The van der Waals surface area contributed by atoms with Gasteiger partial charge in [-0.15, -0.1) is 0 Å². The average molecular weight is 230 g/mol. The van der Waals surface area contributed by atoms with Gasteiger partial charge in [-0.25, -0.2) is 0 Å². The van der Waals surface area contributed by atoms with Crippen LogP contribution in [0.2, 0.25) is 0 Å². The number of nitrogens with zero attached hydrogens (tertiary/aromatic N) is 2. The highest BCUT2D eigenvalue weighted by atomic mass is 16.6. The summed E-state index contributed by atoms with van der Waals surface area (Å²) in [5.41, 5.74) is 1.49. The summed E-state index contributed by atoms with van der Waals surface area (Å²) < 4.78 is 5.00. The smallest absolute Gasteiger partial charge is 0.310 e. The van der Waals surface area contributed by atoms with Crippen LogP contribution in [0.25, 0.3) is 11.3 Å². The Bertz CT molecular complexity index is 541. The third-order valence-corrected chi connectivity index (χ3v) is 2.34.